The molecule has 0 aromatic rings. The molecule has 8 heteroatoms. The van der Waals surface area contributed by atoms with Crippen molar-refractivity contribution in [1.29, 1.82) is 0 Å². The highest BCUT2D eigenvalue weighted by molar-refractivity contribution is 6.13. The Labute approximate surface area is 75.5 Å². The van der Waals surface area contributed by atoms with Gasteiger partial charge in [-0.1, -0.05) is 0 Å². The van der Waals surface area contributed by atoms with Crippen molar-refractivity contribution in [2.75, 3.05) is 20.1 Å². The summed E-state index contributed by atoms with van der Waals surface area (Å²) in [7, 11) is 1.43. The van der Waals surface area contributed by atoms with Crippen molar-refractivity contribution in [1.82, 2.24) is 4.90 Å². The minimum atomic E-state index is -1.02. The summed E-state index contributed by atoms with van der Waals surface area (Å²) in [5.41, 5.74) is 0. The van der Waals surface area contributed by atoms with E-state index in [4.69, 9.17) is 20.3 Å². The van der Waals surface area contributed by atoms with E-state index in [1.165, 1.54) is 11.9 Å². The number of likely N-dealkylation sites (N-methyl/N-ethyl adjacent to an activating group) is 1. The van der Waals surface area contributed by atoms with Crippen molar-refractivity contribution in [2.24, 2.45) is 0 Å². The lowest BCUT2D eigenvalue weighted by atomic mass is 10.5. The van der Waals surface area contributed by atoms with Crippen LogP contribution in [-0.4, -0.2) is 64.9 Å². The number of carboxylic acids is 2. The number of carbonyl (C=O) groups is 2. The second-order valence-electron chi connectivity index (χ2n) is 2.08. The van der Waals surface area contributed by atoms with Crippen LogP contribution in [0.4, 0.5) is 0 Å². The SMILES string of the molecule is CN(CC(=O)O)CC(=O)O.O[B]O. The number of hydrogen-bond donors (Lipinski definition) is 4. The second kappa shape index (κ2) is 8.98. The summed E-state index contributed by atoms with van der Waals surface area (Å²) in [4.78, 5) is 21.1. The maximum Gasteiger partial charge on any atom is 0.482 e. The van der Waals surface area contributed by atoms with E-state index in [0.29, 0.717) is 0 Å². The fourth-order valence-corrected chi connectivity index (χ4v) is 0.518. The number of hydrogen-bond acceptors (Lipinski definition) is 5. The van der Waals surface area contributed by atoms with Crippen LogP contribution in [0.5, 0.6) is 0 Å². The highest BCUT2D eigenvalue weighted by atomic mass is 16.4. The zero-order chi connectivity index (χ0) is 10.9. The van der Waals surface area contributed by atoms with E-state index in [0.717, 1.165) is 0 Å². The topological polar surface area (TPSA) is 118 Å². The van der Waals surface area contributed by atoms with Gasteiger partial charge in [-0.2, -0.15) is 0 Å². The first-order chi connectivity index (χ1) is 5.93. The summed E-state index contributed by atoms with van der Waals surface area (Å²) in [5.74, 6) is -2.05. The molecule has 0 fully saturated rings. The summed E-state index contributed by atoms with van der Waals surface area (Å²) >= 11 is 0. The lowest BCUT2D eigenvalue weighted by Gasteiger charge is -2.08. The molecule has 0 atom stereocenters. The normalized spacial score (nSPS) is 8.62. The monoisotopic (exact) mass is 192 g/mol. The molecule has 13 heavy (non-hydrogen) atoms. The number of nitrogens with zero attached hydrogens (tertiary/aromatic N) is 1. The molecule has 0 saturated heterocycles. The van der Waals surface area contributed by atoms with Crippen LogP contribution < -0.4 is 0 Å². The Morgan fingerprint density at radius 1 is 1.15 bits per heavy atom. The molecule has 7 nitrogen and oxygen atoms in total. The second-order valence-corrected chi connectivity index (χ2v) is 2.08. The molecule has 0 unspecified atom stereocenters. The van der Waals surface area contributed by atoms with Crippen LogP contribution >= 0.6 is 0 Å². The quantitative estimate of drug-likeness (QED) is 0.366. The van der Waals surface area contributed by atoms with Gasteiger partial charge in [0.1, 0.15) is 0 Å². The Morgan fingerprint density at radius 2 is 1.38 bits per heavy atom. The van der Waals surface area contributed by atoms with Crippen LogP contribution in [-0.2, 0) is 9.59 Å². The van der Waals surface area contributed by atoms with Crippen LogP contribution in [0, 0.1) is 0 Å². The molecule has 0 rings (SSSR count). The fourth-order valence-electron chi connectivity index (χ4n) is 0.518. The molecule has 0 heterocycles. The average molecular weight is 192 g/mol. The van der Waals surface area contributed by atoms with Gasteiger partial charge in [-0.3, -0.25) is 14.5 Å². The molecule has 0 aromatic carbocycles. The van der Waals surface area contributed by atoms with E-state index in [2.05, 4.69) is 0 Å². The van der Waals surface area contributed by atoms with Gasteiger partial charge < -0.3 is 20.3 Å². The summed E-state index contributed by atoms with van der Waals surface area (Å²) in [6, 6.07) is 0. The molecule has 0 saturated carbocycles. The molecule has 0 aromatic heterocycles. The van der Waals surface area contributed by atoms with E-state index in [-0.39, 0.29) is 20.8 Å². The zero-order valence-corrected chi connectivity index (χ0v) is 7.04. The summed E-state index contributed by atoms with van der Waals surface area (Å²) < 4.78 is 0. The molecule has 4 N–H and O–H groups in total. The van der Waals surface area contributed by atoms with Gasteiger partial charge in [0.25, 0.3) is 0 Å². The van der Waals surface area contributed by atoms with Gasteiger partial charge in [-0.15, -0.1) is 0 Å². The Bertz CT molecular complexity index is 147. The van der Waals surface area contributed by atoms with Crippen LogP contribution in [0.15, 0.2) is 0 Å². The molecule has 0 aliphatic carbocycles. The number of carboxylic acid groups (broad SMARTS) is 2. The van der Waals surface area contributed by atoms with E-state index < -0.39 is 11.9 Å². The van der Waals surface area contributed by atoms with Crippen LogP contribution in [0.2, 0.25) is 0 Å². The van der Waals surface area contributed by atoms with E-state index in [9.17, 15) is 9.59 Å². The largest absolute Gasteiger partial charge is 0.482 e. The molecular weight excluding hydrogens is 181 g/mol. The van der Waals surface area contributed by atoms with Gasteiger partial charge in [-0.25, -0.2) is 0 Å². The van der Waals surface area contributed by atoms with Gasteiger partial charge in [0.05, 0.1) is 13.1 Å². The third-order valence-corrected chi connectivity index (χ3v) is 0.810. The number of rotatable bonds is 4. The lowest BCUT2D eigenvalue weighted by Crippen LogP contribution is -2.30. The summed E-state index contributed by atoms with van der Waals surface area (Å²) in [6.45, 7) is -0.488. The Balaban J connectivity index is 0. The minimum absolute atomic E-state index is 0. The molecule has 75 valence electrons. The molecule has 0 aliphatic rings. The molecule has 1 radical (unpaired) electrons. The first kappa shape index (κ1) is 14.4. The average Bonchev–Trinajstić information content (AvgIpc) is 1.83. The van der Waals surface area contributed by atoms with Gasteiger partial charge in [0.2, 0.25) is 0 Å². The minimum Gasteiger partial charge on any atom is -0.480 e. The molecule has 0 amide bonds. The van der Waals surface area contributed by atoms with Crippen molar-refractivity contribution in [3.05, 3.63) is 0 Å². The van der Waals surface area contributed by atoms with Gasteiger partial charge in [0.15, 0.2) is 0 Å². The van der Waals surface area contributed by atoms with Gasteiger partial charge in [0, 0.05) is 0 Å². The van der Waals surface area contributed by atoms with Crippen LogP contribution in [0.1, 0.15) is 0 Å². The molecule has 0 aliphatic heterocycles. The first-order valence-corrected chi connectivity index (χ1v) is 3.16. The third kappa shape index (κ3) is 18.1. The Morgan fingerprint density at radius 3 is 1.54 bits per heavy atom. The maximum absolute atomic E-state index is 9.96. The Hall–Kier alpha value is -1.12. The van der Waals surface area contributed by atoms with Gasteiger partial charge >= 0.3 is 19.6 Å². The van der Waals surface area contributed by atoms with Crippen LogP contribution in [0.3, 0.4) is 0 Å². The molecule has 0 spiro atoms. The molecule has 0 bridgehead atoms. The summed E-state index contributed by atoms with van der Waals surface area (Å²) in [5, 5.41) is 30.3. The van der Waals surface area contributed by atoms with Gasteiger partial charge in [-0.05, 0) is 7.05 Å². The fraction of sp³-hybridized carbons (Fsp3) is 0.600. The van der Waals surface area contributed by atoms with Crippen molar-refractivity contribution >= 4 is 19.6 Å². The van der Waals surface area contributed by atoms with Crippen molar-refractivity contribution in [3.63, 3.8) is 0 Å². The van der Waals surface area contributed by atoms with Crippen LogP contribution in [0.25, 0.3) is 0 Å². The first-order valence-electron chi connectivity index (χ1n) is 3.16. The highest BCUT2D eigenvalue weighted by Crippen LogP contribution is 1.80. The standard InChI is InChI=1S/C5H9NO4.BH2O2/c1-6(2-4(7)8)3-5(9)10;2-1-3/h2-3H2,1H3,(H,7,8)(H,9,10);2-3H. The third-order valence-electron chi connectivity index (χ3n) is 0.810. The summed E-state index contributed by atoms with van der Waals surface area (Å²) in [6.07, 6.45) is 0. The Kier molecular flexibility index (Phi) is 9.95. The highest BCUT2D eigenvalue weighted by Gasteiger charge is 2.06. The van der Waals surface area contributed by atoms with E-state index in [1.807, 2.05) is 0 Å². The van der Waals surface area contributed by atoms with Crippen molar-refractivity contribution < 1.29 is 29.9 Å². The van der Waals surface area contributed by atoms with E-state index >= 15 is 0 Å². The van der Waals surface area contributed by atoms with E-state index in [1.54, 1.807) is 0 Å². The predicted molar refractivity (Wildman–Crippen MR) is 43.0 cm³/mol. The zero-order valence-electron chi connectivity index (χ0n) is 7.04. The number of aliphatic carboxylic acids is 2. The van der Waals surface area contributed by atoms with Crippen molar-refractivity contribution in [3.8, 4) is 0 Å². The van der Waals surface area contributed by atoms with Crippen molar-refractivity contribution in [2.45, 2.75) is 0 Å². The lowest BCUT2D eigenvalue weighted by molar-refractivity contribution is -0.141. The predicted octanol–water partition coefficient (Wildman–Crippen LogP) is -2.41. The molecular formula is C5H11BNO6. The maximum atomic E-state index is 9.96. The smallest absolute Gasteiger partial charge is 0.480 e.